The SMILES string of the molecule is O=C(Nc1c(F)cc(F)cc1Br)c1cnccc1Cl. The number of nitrogens with zero attached hydrogens (tertiary/aromatic N) is 1. The lowest BCUT2D eigenvalue weighted by Crippen LogP contribution is -2.14. The molecule has 2 aromatic rings. The Morgan fingerprint density at radius 2 is 2.11 bits per heavy atom. The topological polar surface area (TPSA) is 42.0 Å². The molecule has 1 amide bonds. The Labute approximate surface area is 120 Å². The van der Waals surface area contributed by atoms with Gasteiger partial charge in [-0.2, -0.15) is 0 Å². The Morgan fingerprint density at radius 3 is 2.74 bits per heavy atom. The third-order valence-corrected chi connectivity index (χ3v) is 3.21. The van der Waals surface area contributed by atoms with Crippen LogP contribution in [0.15, 0.2) is 35.1 Å². The minimum atomic E-state index is -0.889. The summed E-state index contributed by atoms with van der Waals surface area (Å²) in [5.41, 5.74) is -0.0638. The van der Waals surface area contributed by atoms with Gasteiger partial charge in [0.05, 0.1) is 16.3 Å². The predicted octanol–water partition coefficient (Wildman–Crippen LogP) is 4.03. The molecule has 0 fully saturated rings. The highest BCUT2D eigenvalue weighted by molar-refractivity contribution is 9.10. The molecule has 0 unspecified atom stereocenters. The molecule has 1 heterocycles. The molecule has 3 nitrogen and oxygen atoms in total. The van der Waals surface area contributed by atoms with Crippen molar-refractivity contribution in [3.05, 3.63) is 57.3 Å². The molecular formula is C12H6BrClF2N2O. The smallest absolute Gasteiger partial charge is 0.258 e. The fourth-order valence-corrected chi connectivity index (χ4v) is 2.09. The van der Waals surface area contributed by atoms with E-state index in [1.165, 1.54) is 18.5 Å². The maximum absolute atomic E-state index is 13.6. The predicted molar refractivity (Wildman–Crippen MR) is 71.3 cm³/mol. The number of rotatable bonds is 2. The van der Waals surface area contributed by atoms with Crippen molar-refractivity contribution in [3.63, 3.8) is 0 Å². The van der Waals surface area contributed by atoms with Crippen LogP contribution in [0.25, 0.3) is 0 Å². The molecule has 0 spiro atoms. The van der Waals surface area contributed by atoms with Crippen LogP contribution in [0, 0.1) is 11.6 Å². The normalized spacial score (nSPS) is 10.3. The van der Waals surface area contributed by atoms with Gasteiger partial charge in [0.15, 0.2) is 5.82 Å². The highest BCUT2D eigenvalue weighted by Crippen LogP contribution is 2.27. The van der Waals surface area contributed by atoms with E-state index in [2.05, 4.69) is 26.2 Å². The molecule has 0 atom stereocenters. The van der Waals surface area contributed by atoms with Gasteiger partial charge in [-0.25, -0.2) is 8.78 Å². The molecule has 7 heteroatoms. The number of nitrogens with one attached hydrogen (secondary N) is 1. The summed E-state index contributed by atoms with van der Waals surface area (Å²) < 4.78 is 26.6. The van der Waals surface area contributed by atoms with E-state index in [1.807, 2.05) is 0 Å². The summed E-state index contributed by atoms with van der Waals surface area (Å²) in [5, 5.41) is 2.50. The van der Waals surface area contributed by atoms with Gasteiger partial charge in [0.25, 0.3) is 5.91 Å². The standard InChI is InChI=1S/C12H6BrClF2N2O/c13-8-3-6(15)4-10(16)11(8)18-12(19)7-5-17-2-1-9(7)14/h1-5H,(H,18,19). The van der Waals surface area contributed by atoms with Crippen LogP contribution in [0.2, 0.25) is 5.02 Å². The monoisotopic (exact) mass is 346 g/mol. The van der Waals surface area contributed by atoms with Crippen molar-refractivity contribution in [2.24, 2.45) is 0 Å². The Hall–Kier alpha value is -1.53. The van der Waals surface area contributed by atoms with Crippen LogP contribution < -0.4 is 5.32 Å². The molecule has 1 aromatic heterocycles. The Bertz CT molecular complexity index is 628. The number of anilines is 1. The molecule has 1 N–H and O–H groups in total. The van der Waals surface area contributed by atoms with Crippen LogP contribution >= 0.6 is 27.5 Å². The highest BCUT2D eigenvalue weighted by Gasteiger charge is 2.16. The van der Waals surface area contributed by atoms with Crippen molar-refractivity contribution < 1.29 is 13.6 Å². The first-order valence-electron chi connectivity index (χ1n) is 5.04. The summed E-state index contributed by atoms with van der Waals surface area (Å²) in [7, 11) is 0. The zero-order valence-electron chi connectivity index (χ0n) is 9.25. The van der Waals surface area contributed by atoms with E-state index in [-0.39, 0.29) is 20.7 Å². The number of hydrogen-bond acceptors (Lipinski definition) is 2. The largest absolute Gasteiger partial charge is 0.318 e. The van der Waals surface area contributed by atoms with Gasteiger partial charge in [0.2, 0.25) is 0 Å². The van der Waals surface area contributed by atoms with Crippen LogP contribution in [0.5, 0.6) is 0 Å². The van der Waals surface area contributed by atoms with Crippen molar-refractivity contribution in [3.8, 4) is 0 Å². The lowest BCUT2D eigenvalue weighted by Gasteiger charge is -2.09. The number of pyridine rings is 1. The van der Waals surface area contributed by atoms with E-state index in [9.17, 15) is 13.6 Å². The molecule has 19 heavy (non-hydrogen) atoms. The zero-order chi connectivity index (χ0) is 14.0. The van der Waals surface area contributed by atoms with Crippen molar-refractivity contribution in [2.45, 2.75) is 0 Å². The van der Waals surface area contributed by atoms with Gasteiger partial charge in [0, 0.05) is 22.9 Å². The Kier molecular flexibility index (Phi) is 4.11. The van der Waals surface area contributed by atoms with E-state index >= 15 is 0 Å². The lowest BCUT2D eigenvalue weighted by atomic mass is 10.2. The van der Waals surface area contributed by atoms with Gasteiger partial charge in [-0.1, -0.05) is 11.6 Å². The maximum Gasteiger partial charge on any atom is 0.258 e. The number of halogens is 4. The summed E-state index contributed by atoms with van der Waals surface area (Å²) in [6.45, 7) is 0. The second kappa shape index (κ2) is 5.63. The molecule has 0 saturated carbocycles. The Morgan fingerprint density at radius 1 is 1.37 bits per heavy atom. The average Bonchev–Trinajstić information content (AvgIpc) is 2.34. The summed E-state index contributed by atoms with van der Waals surface area (Å²) in [4.78, 5) is 15.7. The minimum Gasteiger partial charge on any atom is -0.318 e. The molecule has 98 valence electrons. The summed E-state index contributed by atoms with van der Waals surface area (Å²) in [6, 6.07) is 3.15. The number of hydrogen-bond donors (Lipinski definition) is 1. The third kappa shape index (κ3) is 3.08. The van der Waals surface area contributed by atoms with E-state index < -0.39 is 17.5 Å². The maximum atomic E-state index is 13.6. The van der Waals surface area contributed by atoms with Crippen molar-refractivity contribution >= 4 is 39.1 Å². The van der Waals surface area contributed by atoms with E-state index in [1.54, 1.807) is 0 Å². The molecule has 2 rings (SSSR count). The van der Waals surface area contributed by atoms with Crippen LogP contribution in [0.1, 0.15) is 10.4 Å². The van der Waals surface area contributed by atoms with Gasteiger partial charge in [-0.3, -0.25) is 9.78 Å². The molecule has 1 aromatic carbocycles. The van der Waals surface area contributed by atoms with Crippen LogP contribution in [0.4, 0.5) is 14.5 Å². The second-order valence-electron chi connectivity index (χ2n) is 3.55. The van der Waals surface area contributed by atoms with E-state index in [4.69, 9.17) is 11.6 Å². The minimum absolute atomic E-state index is 0.0957. The first kappa shape index (κ1) is 13.9. The van der Waals surface area contributed by atoms with E-state index in [0.717, 1.165) is 6.07 Å². The molecule has 0 bridgehead atoms. The van der Waals surface area contributed by atoms with Crippen LogP contribution in [-0.2, 0) is 0 Å². The van der Waals surface area contributed by atoms with Gasteiger partial charge >= 0.3 is 0 Å². The van der Waals surface area contributed by atoms with E-state index in [0.29, 0.717) is 6.07 Å². The van der Waals surface area contributed by atoms with Crippen molar-refractivity contribution in [1.29, 1.82) is 0 Å². The highest BCUT2D eigenvalue weighted by atomic mass is 79.9. The van der Waals surface area contributed by atoms with Gasteiger partial charge in [-0.15, -0.1) is 0 Å². The third-order valence-electron chi connectivity index (χ3n) is 2.26. The molecule has 0 aliphatic heterocycles. The molecule has 0 aliphatic rings. The number of carbonyl (C=O) groups excluding carboxylic acids is 1. The van der Waals surface area contributed by atoms with Gasteiger partial charge in [0.1, 0.15) is 5.82 Å². The first-order valence-corrected chi connectivity index (χ1v) is 6.21. The molecule has 0 saturated heterocycles. The number of carbonyl (C=O) groups is 1. The zero-order valence-corrected chi connectivity index (χ0v) is 11.6. The van der Waals surface area contributed by atoms with Crippen LogP contribution in [0.3, 0.4) is 0 Å². The summed E-state index contributed by atoms with van der Waals surface area (Å²) in [6.07, 6.45) is 2.68. The van der Waals surface area contributed by atoms with Crippen molar-refractivity contribution in [1.82, 2.24) is 4.98 Å². The van der Waals surface area contributed by atoms with Gasteiger partial charge in [-0.05, 0) is 28.1 Å². The quantitative estimate of drug-likeness (QED) is 0.891. The fourth-order valence-electron chi connectivity index (χ4n) is 1.39. The molecular weight excluding hydrogens is 341 g/mol. The lowest BCUT2D eigenvalue weighted by molar-refractivity contribution is 0.102. The number of amides is 1. The number of benzene rings is 1. The first-order chi connectivity index (χ1) is 8.99. The van der Waals surface area contributed by atoms with Gasteiger partial charge < -0.3 is 5.32 Å². The Balaban J connectivity index is 2.32. The summed E-state index contributed by atoms with van der Waals surface area (Å²) in [5.74, 6) is -2.27. The summed E-state index contributed by atoms with van der Waals surface area (Å²) >= 11 is 8.80. The van der Waals surface area contributed by atoms with Crippen molar-refractivity contribution in [2.75, 3.05) is 5.32 Å². The second-order valence-corrected chi connectivity index (χ2v) is 4.82. The number of aromatic nitrogens is 1. The van der Waals surface area contributed by atoms with Crippen LogP contribution in [-0.4, -0.2) is 10.9 Å². The molecule has 0 radical (unpaired) electrons. The fraction of sp³-hybridized carbons (Fsp3) is 0. The average molecular weight is 348 g/mol. The molecule has 0 aliphatic carbocycles.